The first-order chi connectivity index (χ1) is 9.22. The summed E-state index contributed by atoms with van der Waals surface area (Å²) in [5.74, 6) is 0.892. The normalized spacial score (nSPS) is 16.9. The zero-order valence-corrected chi connectivity index (χ0v) is 15.3. The predicted octanol–water partition coefficient (Wildman–Crippen LogP) is 2.15. The van der Waals surface area contributed by atoms with E-state index in [9.17, 15) is 0 Å². The molecule has 0 aromatic rings. The van der Waals surface area contributed by atoms with Gasteiger partial charge < -0.3 is 20.1 Å². The molecule has 20 heavy (non-hydrogen) atoms. The third kappa shape index (κ3) is 9.77. The molecule has 0 aliphatic carbocycles. The highest BCUT2D eigenvalue weighted by Crippen LogP contribution is 2.10. The fourth-order valence-corrected chi connectivity index (χ4v) is 1.94. The number of hydrogen-bond donors (Lipinski definition) is 2. The monoisotopic (exact) mass is 399 g/mol. The molecule has 0 aromatic carbocycles. The van der Waals surface area contributed by atoms with Gasteiger partial charge in [0.2, 0.25) is 0 Å². The highest BCUT2D eigenvalue weighted by Gasteiger charge is 2.13. The van der Waals surface area contributed by atoms with Gasteiger partial charge in [-0.2, -0.15) is 0 Å². The van der Waals surface area contributed by atoms with Crippen LogP contribution in [0.3, 0.4) is 0 Å². The fraction of sp³-hybridized carbons (Fsp3) is 0.929. The number of halogens is 1. The van der Waals surface area contributed by atoms with Crippen molar-refractivity contribution in [1.29, 1.82) is 0 Å². The molecule has 0 unspecified atom stereocenters. The third-order valence-corrected chi connectivity index (χ3v) is 2.86. The smallest absolute Gasteiger partial charge is 0.191 e. The zero-order valence-electron chi connectivity index (χ0n) is 13.0. The molecule has 0 amide bonds. The summed E-state index contributed by atoms with van der Waals surface area (Å²) >= 11 is 0. The van der Waals surface area contributed by atoms with Crippen LogP contribution in [0, 0.1) is 0 Å². The lowest BCUT2D eigenvalue weighted by Crippen LogP contribution is -2.41. The Hall–Kier alpha value is -0.0800. The van der Waals surface area contributed by atoms with Crippen LogP contribution in [0.15, 0.2) is 4.99 Å². The number of nitrogens with one attached hydrogen (secondary N) is 2. The van der Waals surface area contributed by atoms with Crippen molar-refractivity contribution in [3.05, 3.63) is 0 Å². The Balaban J connectivity index is 0.00000361. The van der Waals surface area contributed by atoms with E-state index in [1.165, 1.54) is 0 Å². The lowest BCUT2D eigenvalue weighted by Gasteiger charge is -2.22. The molecule has 0 radical (unpaired) electrons. The van der Waals surface area contributed by atoms with Crippen LogP contribution in [0.2, 0.25) is 0 Å². The molecule has 1 heterocycles. The summed E-state index contributed by atoms with van der Waals surface area (Å²) < 4.78 is 11.1. The maximum atomic E-state index is 5.82. The molecule has 6 heteroatoms. The molecule has 0 spiro atoms. The first-order valence-corrected chi connectivity index (χ1v) is 7.46. The number of hydrogen-bond acceptors (Lipinski definition) is 3. The molecule has 0 aromatic heterocycles. The highest BCUT2D eigenvalue weighted by atomic mass is 127. The van der Waals surface area contributed by atoms with E-state index >= 15 is 0 Å². The molecular formula is C14H30IN3O2. The van der Waals surface area contributed by atoms with E-state index in [0.717, 1.165) is 58.1 Å². The molecular weight excluding hydrogens is 369 g/mol. The van der Waals surface area contributed by atoms with Crippen molar-refractivity contribution in [2.75, 3.05) is 32.9 Å². The number of nitrogens with zero attached hydrogens (tertiary/aromatic N) is 1. The molecule has 0 atom stereocenters. The molecule has 1 rings (SSSR count). The van der Waals surface area contributed by atoms with Crippen LogP contribution in [-0.2, 0) is 9.47 Å². The van der Waals surface area contributed by atoms with E-state index in [0.29, 0.717) is 12.1 Å². The van der Waals surface area contributed by atoms with E-state index in [-0.39, 0.29) is 24.0 Å². The molecule has 0 bridgehead atoms. The fourth-order valence-electron chi connectivity index (χ4n) is 1.94. The van der Waals surface area contributed by atoms with Gasteiger partial charge in [-0.1, -0.05) is 0 Å². The van der Waals surface area contributed by atoms with Crippen molar-refractivity contribution < 1.29 is 9.47 Å². The minimum atomic E-state index is 0. The summed E-state index contributed by atoms with van der Waals surface area (Å²) in [6, 6.07) is 0.399. The molecule has 1 fully saturated rings. The van der Waals surface area contributed by atoms with Crippen molar-refractivity contribution in [3.8, 4) is 0 Å². The van der Waals surface area contributed by atoms with E-state index in [1.54, 1.807) is 0 Å². The van der Waals surface area contributed by atoms with Crippen LogP contribution in [0.25, 0.3) is 0 Å². The first-order valence-electron chi connectivity index (χ1n) is 7.46. The van der Waals surface area contributed by atoms with Crippen LogP contribution < -0.4 is 10.6 Å². The lowest BCUT2D eigenvalue weighted by atomic mass is 10.1. The van der Waals surface area contributed by atoms with E-state index in [2.05, 4.69) is 36.4 Å². The third-order valence-electron chi connectivity index (χ3n) is 2.86. The average molecular weight is 399 g/mol. The second kappa shape index (κ2) is 12.6. The SMILES string of the molecule is CCNC(=NCCCOC1CCOCC1)NC(C)C.I. The molecule has 0 saturated carbocycles. The Morgan fingerprint density at radius 3 is 2.65 bits per heavy atom. The van der Waals surface area contributed by atoms with Gasteiger partial charge in [0, 0.05) is 39.0 Å². The molecule has 2 N–H and O–H groups in total. The van der Waals surface area contributed by atoms with Gasteiger partial charge in [-0.15, -0.1) is 24.0 Å². The maximum absolute atomic E-state index is 5.82. The topological polar surface area (TPSA) is 54.9 Å². The summed E-state index contributed by atoms with van der Waals surface area (Å²) in [5.41, 5.74) is 0. The molecule has 5 nitrogen and oxygen atoms in total. The van der Waals surface area contributed by atoms with Crippen molar-refractivity contribution >= 4 is 29.9 Å². The van der Waals surface area contributed by atoms with Crippen LogP contribution in [0.5, 0.6) is 0 Å². The Kier molecular flexibility index (Phi) is 12.6. The van der Waals surface area contributed by atoms with Crippen LogP contribution in [-0.4, -0.2) is 51.0 Å². The zero-order chi connectivity index (χ0) is 13.9. The Bertz CT molecular complexity index is 257. The molecule has 1 aliphatic rings. The van der Waals surface area contributed by atoms with Gasteiger partial charge in [-0.3, -0.25) is 4.99 Å². The molecule has 120 valence electrons. The summed E-state index contributed by atoms with van der Waals surface area (Å²) in [6.45, 7) is 10.4. The molecule has 1 aliphatic heterocycles. The van der Waals surface area contributed by atoms with Crippen molar-refractivity contribution in [3.63, 3.8) is 0 Å². The summed E-state index contributed by atoms with van der Waals surface area (Å²) in [6.07, 6.45) is 3.41. The predicted molar refractivity (Wildman–Crippen MR) is 94.1 cm³/mol. The standard InChI is InChI=1S/C14H29N3O2.HI/c1-4-15-14(17-12(2)3)16-8-5-9-19-13-6-10-18-11-7-13;/h12-13H,4-11H2,1-3H3,(H2,15,16,17);1H. The Labute approximate surface area is 140 Å². The van der Waals surface area contributed by atoms with E-state index < -0.39 is 0 Å². The average Bonchev–Trinajstić information content (AvgIpc) is 2.39. The number of ether oxygens (including phenoxy) is 2. The molecule has 1 saturated heterocycles. The van der Waals surface area contributed by atoms with Crippen molar-refractivity contribution in [2.45, 2.75) is 52.2 Å². The maximum Gasteiger partial charge on any atom is 0.191 e. The summed E-state index contributed by atoms with van der Waals surface area (Å²) in [7, 11) is 0. The highest BCUT2D eigenvalue weighted by molar-refractivity contribution is 14.0. The summed E-state index contributed by atoms with van der Waals surface area (Å²) in [4.78, 5) is 4.53. The van der Waals surface area contributed by atoms with Crippen LogP contribution >= 0.6 is 24.0 Å². The van der Waals surface area contributed by atoms with Crippen LogP contribution in [0.4, 0.5) is 0 Å². The van der Waals surface area contributed by atoms with Gasteiger partial charge in [0.25, 0.3) is 0 Å². The quantitative estimate of drug-likeness (QED) is 0.298. The number of rotatable bonds is 7. The second-order valence-corrected chi connectivity index (χ2v) is 5.10. The first kappa shape index (κ1) is 19.9. The largest absolute Gasteiger partial charge is 0.381 e. The van der Waals surface area contributed by atoms with Gasteiger partial charge >= 0.3 is 0 Å². The Morgan fingerprint density at radius 1 is 1.35 bits per heavy atom. The summed E-state index contributed by atoms with van der Waals surface area (Å²) in [5, 5.41) is 6.54. The van der Waals surface area contributed by atoms with E-state index in [4.69, 9.17) is 9.47 Å². The van der Waals surface area contributed by atoms with Gasteiger partial charge in [0.1, 0.15) is 0 Å². The second-order valence-electron chi connectivity index (χ2n) is 5.10. The number of guanidine groups is 1. The van der Waals surface area contributed by atoms with E-state index in [1.807, 2.05) is 0 Å². The minimum Gasteiger partial charge on any atom is -0.381 e. The Morgan fingerprint density at radius 2 is 2.05 bits per heavy atom. The lowest BCUT2D eigenvalue weighted by molar-refractivity contribution is -0.0318. The van der Waals surface area contributed by atoms with Crippen molar-refractivity contribution in [2.24, 2.45) is 4.99 Å². The van der Waals surface area contributed by atoms with Gasteiger partial charge in [0.05, 0.1) is 6.10 Å². The minimum absolute atomic E-state index is 0. The van der Waals surface area contributed by atoms with Gasteiger partial charge in [-0.25, -0.2) is 0 Å². The number of aliphatic imine (C=N–C) groups is 1. The van der Waals surface area contributed by atoms with Crippen molar-refractivity contribution in [1.82, 2.24) is 10.6 Å². The van der Waals surface area contributed by atoms with Gasteiger partial charge in [-0.05, 0) is 40.0 Å². The van der Waals surface area contributed by atoms with Crippen LogP contribution in [0.1, 0.15) is 40.0 Å². The van der Waals surface area contributed by atoms with Gasteiger partial charge in [0.15, 0.2) is 5.96 Å².